The SMILES string of the molecule is Cc1cccc(-c2c(-c3ccc(F)cn3)noc2N)c1. The molecule has 3 aromatic rings. The number of pyridine rings is 1. The maximum atomic E-state index is 13.0. The van der Waals surface area contributed by atoms with Gasteiger partial charge >= 0.3 is 0 Å². The van der Waals surface area contributed by atoms with Crippen LogP contribution in [0, 0.1) is 12.7 Å². The van der Waals surface area contributed by atoms with Gasteiger partial charge in [-0.15, -0.1) is 0 Å². The van der Waals surface area contributed by atoms with Gasteiger partial charge in [-0.05, 0) is 24.6 Å². The van der Waals surface area contributed by atoms with E-state index in [1.165, 1.54) is 6.07 Å². The lowest BCUT2D eigenvalue weighted by Crippen LogP contribution is -1.90. The molecule has 2 N–H and O–H groups in total. The fraction of sp³-hybridized carbons (Fsp3) is 0.0667. The van der Waals surface area contributed by atoms with Crippen molar-refractivity contribution >= 4 is 5.88 Å². The molecule has 0 saturated carbocycles. The molecule has 0 bridgehead atoms. The van der Waals surface area contributed by atoms with Crippen molar-refractivity contribution in [3.63, 3.8) is 0 Å². The Hall–Kier alpha value is -2.69. The van der Waals surface area contributed by atoms with Crippen molar-refractivity contribution in [2.24, 2.45) is 0 Å². The second-order valence-corrected chi connectivity index (χ2v) is 4.50. The number of aryl methyl sites for hydroxylation is 1. The van der Waals surface area contributed by atoms with Crippen LogP contribution in [0.5, 0.6) is 0 Å². The molecule has 0 aliphatic carbocycles. The summed E-state index contributed by atoms with van der Waals surface area (Å²) < 4.78 is 18.0. The lowest BCUT2D eigenvalue weighted by Gasteiger charge is -2.03. The van der Waals surface area contributed by atoms with Crippen LogP contribution in [0.1, 0.15) is 5.56 Å². The van der Waals surface area contributed by atoms with E-state index in [-0.39, 0.29) is 5.88 Å². The fourth-order valence-electron chi connectivity index (χ4n) is 2.07. The highest BCUT2D eigenvalue weighted by atomic mass is 19.1. The number of rotatable bonds is 2. The first kappa shape index (κ1) is 12.3. The van der Waals surface area contributed by atoms with Crippen LogP contribution in [0.2, 0.25) is 0 Å². The van der Waals surface area contributed by atoms with Crippen molar-refractivity contribution in [3.8, 4) is 22.5 Å². The van der Waals surface area contributed by atoms with Gasteiger partial charge in [0.2, 0.25) is 5.88 Å². The Balaban J connectivity index is 2.17. The minimum absolute atomic E-state index is 0.219. The van der Waals surface area contributed by atoms with Gasteiger partial charge in [0.25, 0.3) is 0 Å². The number of halogens is 1. The van der Waals surface area contributed by atoms with Crippen LogP contribution in [0.4, 0.5) is 10.3 Å². The molecule has 0 aliphatic heterocycles. The molecule has 0 spiro atoms. The Kier molecular flexibility index (Phi) is 2.95. The standard InChI is InChI=1S/C15H12FN3O/c1-9-3-2-4-10(7-9)13-14(19-20-15(13)17)12-6-5-11(16)8-18-12/h2-8H,17H2,1H3. The topological polar surface area (TPSA) is 64.9 Å². The van der Waals surface area contributed by atoms with Gasteiger partial charge in [-0.1, -0.05) is 35.0 Å². The minimum atomic E-state index is -0.401. The minimum Gasteiger partial charge on any atom is -0.367 e. The van der Waals surface area contributed by atoms with E-state index in [0.717, 1.165) is 17.3 Å². The van der Waals surface area contributed by atoms with E-state index in [1.54, 1.807) is 6.07 Å². The third kappa shape index (κ3) is 2.14. The summed E-state index contributed by atoms with van der Waals surface area (Å²) in [6, 6.07) is 10.7. The molecule has 1 aromatic carbocycles. The van der Waals surface area contributed by atoms with Gasteiger partial charge in [0, 0.05) is 0 Å². The second-order valence-electron chi connectivity index (χ2n) is 4.50. The molecule has 20 heavy (non-hydrogen) atoms. The van der Waals surface area contributed by atoms with Crippen LogP contribution >= 0.6 is 0 Å². The zero-order valence-electron chi connectivity index (χ0n) is 10.8. The molecule has 0 fully saturated rings. The Morgan fingerprint density at radius 1 is 1.20 bits per heavy atom. The summed E-state index contributed by atoms with van der Waals surface area (Å²) >= 11 is 0. The molecule has 0 saturated heterocycles. The van der Waals surface area contributed by atoms with Gasteiger partial charge in [-0.25, -0.2) is 4.39 Å². The van der Waals surface area contributed by atoms with E-state index in [0.29, 0.717) is 17.0 Å². The van der Waals surface area contributed by atoms with Crippen molar-refractivity contribution in [2.75, 3.05) is 5.73 Å². The molecule has 2 aromatic heterocycles. The van der Waals surface area contributed by atoms with Crippen molar-refractivity contribution in [3.05, 3.63) is 54.0 Å². The Morgan fingerprint density at radius 3 is 2.75 bits per heavy atom. The summed E-state index contributed by atoms with van der Waals surface area (Å²) in [5.41, 5.74) is 9.55. The number of nitrogens with two attached hydrogens (primary N) is 1. The zero-order chi connectivity index (χ0) is 14.1. The number of nitrogens with zero attached hydrogens (tertiary/aromatic N) is 2. The van der Waals surface area contributed by atoms with Crippen molar-refractivity contribution in [1.29, 1.82) is 0 Å². The summed E-state index contributed by atoms with van der Waals surface area (Å²) in [6.45, 7) is 1.99. The number of hydrogen-bond acceptors (Lipinski definition) is 4. The van der Waals surface area contributed by atoms with Gasteiger partial charge in [0.15, 0.2) is 0 Å². The van der Waals surface area contributed by atoms with Crippen LogP contribution in [-0.2, 0) is 0 Å². The fourth-order valence-corrected chi connectivity index (χ4v) is 2.07. The van der Waals surface area contributed by atoms with Crippen LogP contribution in [0.25, 0.3) is 22.5 Å². The highest BCUT2D eigenvalue weighted by Gasteiger charge is 2.18. The average Bonchev–Trinajstić information content (AvgIpc) is 2.81. The van der Waals surface area contributed by atoms with Gasteiger partial charge in [-0.3, -0.25) is 4.98 Å². The predicted octanol–water partition coefficient (Wildman–Crippen LogP) is 3.43. The summed E-state index contributed by atoms with van der Waals surface area (Å²) in [7, 11) is 0. The largest absolute Gasteiger partial charge is 0.367 e. The number of hydrogen-bond donors (Lipinski definition) is 1. The Labute approximate surface area is 115 Å². The van der Waals surface area contributed by atoms with E-state index >= 15 is 0 Å². The van der Waals surface area contributed by atoms with E-state index in [4.69, 9.17) is 10.3 Å². The highest BCUT2D eigenvalue weighted by molar-refractivity contribution is 5.85. The van der Waals surface area contributed by atoms with E-state index in [2.05, 4.69) is 10.1 Å². The van der Waals surface area contributed by atoms with Crippen molar-refractivity contribution < 1.29 is 8.91 Å². The maximum Gasteiger partial charge on any atom is 0.230 e. The average molecular weight is 269 g/mol. The van der Waals surface area contributed by atoms with Gasteiger partial charge in [0.05, 0.1) is 17.5 Å². The third-order valence-corrected chi connectivity index (χ3v) is 3.00. The van der Waals surface area contributed by atoms with Crippen LogP contribution < -0.4 is 5.73 Å². The molecule has 4 nitrogen and oxygen atoms in total. The number of nitrogen functional groups attached to an aromatic ring is 1. The molecule has 100 valence electrons. The van der Waals surface area contributed by atoms with Crippen LogP contribution in [0.15, 0.2) is 47.1 Å². The quantitative estimate of drug-likeness (QED) is 0.774. The summed E-state index contributed by atoms with van der Waals surface area (Å²) in [5, 5.41) is 3.94. The molecule has 3 rings (SSSR count). The molecular formula is C15H12FN3O. The first-order chi connectivity index (χ1) is 9.65. The lowest BCUT2D eigenvalue weighted by molar-refractivity contribution is 0.439. The van der Waals surface area contributed by atoms with E-state index in [1.807, 2.05) is 31.2 Å². The van der Waals surface area contributed by atoms with Crippen LogP contribution in [0.3, 0.4) is 0 Å². The molecule has 0 radical (unpaired) electrons. The first-order valence-corrected chi connectivity index (χ1v) is 6.09. The van der Waals surface area contributed by atoms with Crippen molar-refractivity contribution in [1.82, 2.24) is 10.1 Å². The highest BCUT2D eigenvalue weighted by Crippen LogP contribution is 2.35. The summed E-state index contributed by atoms with van der Waals surface area (Å²) in [5.74, 6) is -0.181. The molecule has 0 aliphatic rings. The number of benzene rings is 1. The summed E-state index contributed by atoms with van der Waals surface area (Å²) in [6.07, 6.45) is 1.14. The normalized spacial score (nSPS) is 10.7. The molecule has 0 atom stereocenters. The number of aromatic nitrogens is 2. The monoisotopic (exact) mass is 269 g/mol. The smallest absolute Gasteiger partial charge is 0.230 e. The van der Waals surface area contributed by atoms with Crippen LogP contribution in [-0.4, -0.2) is 10.1 Å². The molecular weight excluding hydrogens is 257 g/mol. The Morgan fingerprint density at radius 2 is 2.05 bits per heavy atom. The van der Waals surface area contributed by atoms with Gasteiger partial charge in [-0.2, -0.15) is 0 Å². The molecule has 0 unspecified atom stereocenters. The van der Waals surface area contributed by atoms with Gasteiger partial charge < -0.3 is 10.3 Å². The molecule has 5 heteroatoms. The first-order valence-electron chi connectivity index (χ1n) is 6.09. The van der Waals surface area contributed by atoms with Crippen molar-refractivity contribution in [2.45, 2.75) is 6.92 Å². The molecule has 0 amide bonds. The second kappa shape index (κ2) is 4.77. The van der Waals surface area contributed by atoms with E-state index in [9.17, 15) is 4.39 Å². The Bertz CT molecular complexity index is 750. The third-order valence-electron chi connectivity index (χ3n) is 3.00. The van der Waals surface area contributed by atoms with E-state index < -0.39 is 5.82 Å². The number of anilines is 1. The lowest BCUT2D eigenvalue weighted by atomic mass is 10.0. The molecule has 2 heterocycles. The van der Waals surface area contributed by atoms with Gasteiger partial charge in [0.1, 0.15) is 11.5 Å². The predicted molar refractivity (Wildman–Crippen MR) is 74.3 cm³/mol. The maximum absolute atomic E-state index is 13.0. The zero-order valence-corrected chi connectivity index (χ0v) is 10.8. The summed E-state index contributed by atoms with van der Waals surface area (Å²) in [4.78, 5) is 4.02.